The van der Waals surface area contributed by atoms with E-state index in [1.54, 1.807) is 47.1 Å². The number of nitrogens with zero attached hydrogens (tertiary/aromatic N) is 4. The molecule has 9 rings (SSSR count). The predicted molar refractivity (Wildman–Crippen MR) is 254 cm³/mol. The minimum atomic E-state index is -4.39. The van der Waals surface area contributed by atoms with Crippen molar-refractivity contribution in [3.8, 4) is 51.7 Å². The van der Waals surface area contributed by atoms with Crippen molar-refractivity contribution in [1.82, 2.24) is 13.8 Å². The maximum absolute atomic E-state index is 11.5. The second-order valence-corrected chi connectivity index (χ2v) is 20.7. The van der Waals surface area contributed by atoms with Crippen LogP contribution in [0, 0.1) is 0 Å². The van der Waals surface area contributed by atoms with Gasteiger partial charge < -0.3 is 42.2 Å². The Morgan fingerprint density at radius 2 is 0.723 bits per heavy atom. The highest BCUT2D eigenvalue weighted by Gasteiger charge is 2.59. The van der Waals surface area contributed by atoms with Crippen LogP contribution >= 0.6 is 33.0 Å². The van der Waals surface area contributed by atoms with Crippen LogP contribution < -0.4 is 37.1 Å². The summed E-state index contributed by atoms with van der Waals surface area (Å²) in [5, 5.41) is 11.5. The summed E-state index contributed by atoms with van der Waals surface area (Å²) in [6, 6.07) is 70.9. The van der Waals surface area contributed by atoms with E-state index in [4.69, 9.17) is 41.6 Å². The first-order valence-electron chi connectivity index (χ1n) is 20.1. The number of phenolic OH excluding ortho intramolecular Hbond substituents is 1. The summed E-state index contributed by atoms with van der Waals surface area (Å²) >= 11 is 0. The van der Waals surface area contributed by atoms with Crippen LogP contribution in [0.2, 0.25) is 0 Å². The van der Waals surface area contributed by atoms with E-state index in [1.165, 1.54) is 15.3 Å². The highest BCUT2D eigenvalue weighted by Crippen LogP contribution is 2.78. The van der Waals surface area contributed by atoms with Gasteiger partial charge in [0.05, 0.1) is 0 Å². The van der Waals surface area contributed by atoms with Crippen molar-refractivity contribution in [3.05, 3.63) is 237 Å². The Bertz CT molecular complexity index is 2750. The first-order valence-corrected chi connectivity index (χ1v) is 25.1. The number of benzene rings is 8. The second-order valence-electron chi connectivity index (χ2n) is 13.5. The van der Waals surface area contributed by atoms with Gasteiger partial charge in [0.2, 0.25) is 0 Å². The van der Waals surface area contributed by atoms with Crippen LogP contribution in [0.15, 0.2) is 241 Å². The van der Waals surface area contributed by atoms with E-state index in [9.17, 15) is 5.11 Å². The topological polar surface area (TPSA) is 116 Å². The van der Waals surface area contributed by atoms with E-state index in [0.717, 1.165) is 0 Å². The van der Waals surface area contributed by atoms with E-state index in [1.807, 2.05) is 188 Å². The third-order valence-corrected chi connectivity index (χ3v) is 17.7. The smallest absolute Gasteiger partial charge is 0.447 e. The molecule has 0 bridgehead atoms. The molecule has 0 aromatic heterocycles. The molecule has 1 N–H and O–H groups in total. The molecule has 0 radical (unpaired) electrons. The Balaban J connectivity index is 1.40. The highest BCUT2D eigenvalue weighted by atomic mass is 31.3. The van der Waals surface area contributed by atoms with E-state index in [-0.39, 0.29) is 11.5 Å². The van der Waals surface area contributed by atoms with E-state index < -0.39 is 33.0 Å². The number of phenols is 1. The lowest BCUT2D eigenvalue weighted by Gasteiger charge is -2.45. The fourth-order valence-electron chi connectivity index (χ4n) is 5.80. The van der Waals surface area contributed by atoms with Gasteiger partial charge in [0.15, 0.2) is 11.5 Å². The van der Waals surface area contributed by atoms with Gasteiger partial charge in [-0.15, -0.1) is 4.52 Å². The molecule has 0 spiro atoms. The fraction of sp³-hybridized carbons (Fsp3) is 0. The SMILES string of the molecule is Oc1ccccc1OP1(Oc2ccccc2)=NP(Oc2ccccc2)N(Oc2ccccc2)P(Oc2ccccc2)N(Oc2ccccc2)P(Oc2ccccc2)N1Oc1ccccc1. The first-order chi connectivity index (χ1) is 32.1. The van der Waals surface area contributed by atoms with E-state index >= 15 is 0 Å². The van der Waals surface area contributed by atoms with Gasteiger partial charge in [-0.1, -0.05) is 140 Å². The average Bonchev–Trinajstić information content (AvgIpc) is 3.35. The van der Waals surface area contributed by atoms with Gasteiger partial charge in [-0.3, -0.25) is 0 Å². The van der Waals surface area contributed by atoms with Gasteiger partial charge in [0.25, 0.3) is 0 Å². The van der Waals surface area contributed by atoms with Gasteiger partial charge in [-0.05, 0) is 97.1 Å². The zero-order valence-corrected chi connectivity index (χ0v) is 37.9. The third kappa shape index (κ3) is 11.2. The second kappa shape index (κ2) is 21.4. The Hall–Kier alpha value is -6.64. The Morgan fingerprint density at radius 3 is 1.20 bits per heavy atom. The molecule has 13 nitrogen and oxygen atoms in total. The molecule has 0 fully saturated rings. The summed E-state index contributed by atoms with van der Waals surface area (Å²) in [5.41, 5.74) is 0. The van der Waals surface area contributed by atoms with Gasteiger partial charge in [-0.2, -0.15) is 0 Å². The molecule has 4 atom stereocenters. The molecule has 1 heterocycles. The van der Waals surface area contributed by atoms with E-state index in [2.05, 4.69) is 0 Å². The standard InChI is InChI=1S/C48H40N4O9P4/c53-47-38-22-23-39-48(47)61-65(60-46-36-20-7-21-37-46)49-62(57-43-30-14-4-15-31-43)50(54-40-24-8-1-9-25-40)63(58-44-32-16-5-17-33-44)51(55-41-26-10-2-11-27-41)64(59-45-34-18-6-19-35-45)52(65)56-42-28-12-3-13-29-42/h1-39,53H. The predicted octanol–water partition coefficient (Wildman–Crippen LogP) is 14.6. The van der Waals surface area contributed by atoms with Crippen LogP contribution in [0.5, 0.6) is 51.7 Å². The number of rotatable bonds is 16. The van der Waals surface area contributed by atoms with Crippen molar-refractivity contribution in [1.29, 1.82) is 0 Å². The Kier molecular flexibility index (Phi) is 14.3. The Labute approximate surface area is 380 Å². The van der Waals surface area contributed by atoms with Crippen LogP contribution in [0.1, 0.15) is 0 Å². The minimum Gasteiger partial charge on any atom is -0.504 e. The summed E-state index contributed by atoms with van der Waals surface area (Å²) in [6.07, 6.45) is 0. The van der Waals surface area contributed by atoms with Crippen LogP contribution in [-0.4, -0.2) is 18.9 Å². The first kappa shape index (κ1) is 43.6. The monoisotopic (exact) mass is 940 g/mol. The van der Waals surface area contributed by atoms with Crippen LogP contribution in [-0.2, 0) is 0 Å². The van der Waals surface area contributed by atoms with Crippen LogP contribution in [0.25, 0.3) is 0 Å². The lowest BCUT2D eigenvalue weighted by atomic mass is 10.3. The number of aromatic hydroxyl groups is 1. The van der Waals surface area contributed by atoms with Crippen molar-refractivity contribution >= 4 is 33.0 Å². The maximum Gasteiger partial charge on any atom is 0.447 e. The molecule has 4 unspecified atom stereocenters. The van der Waals surface area contributed by atoms with Crippen molar-refractivity contribution in [2.24, 2.45) is 4.52 Å². The van der Waals surface area contributed by atoms with Gasteiger partial charge in [0, 0.05) is 13.8 Å². The minimum absolute atomic E-state index is 0.0286. The normalized spacial score (nSPS) is 19.0. The van der Waals surface area contributed by atoms with Crippen LogP contribution in [0.4, 0.5) is 0 Å². The van der Waals surface area contributed by atoms with Crippen LogP contribution in [0.3, 0.4) is 0 Å². The molecule has 1 aliphatic rings. The molecule has 8 aromatic carbocycles. The zero-order chi connectivity index (χ0) is 44.1. The van der Waals surface area contributed by atoms with Crippen molar-refractivity contribution in [3.63, 3.8) is 0 Å². The third-order valence-electron chi connectivity index (χ3n) is 8.77. The van der Waals surface area contributed by atoms with Gasteiger partial charge in [-0.25, -0.2) is 0 Å². The number of para-hydroxylation sites is 9. The zero-order valence-electron chi connectivity index (χ0n) is 34.3. The van der Waals surface area contributed by atoms with E-state index in [0.29, 0.717) is 40.2 Å². The molecule has 326 valence electrons. The summed E-state index contributed by atoms with van der Waals surface area (Å²) < 4.78 is 45.7. The van der Waals surface area contributed by atoms with Crippen molar-refractivity contribution in [2.45, 2.75) is 0 Å². The molecular formula is C48H40N4O9P4. The summed E-state index contributed by atoms with van der Waals surface area (Å²) in [7, 11) is -11.9. The fourth-order valence-corrected chi connectivity index (χ4v) is 15.6. The lowest BCUT2D eigenvalue weighted by Crippen LogP contribution is -2.39. The molecule has 0 aliphatic carbocycles. The quantitative estimate of drug-likeness (QED) is 0.0930. The van der Waals surface area contributed by atoms with Gasteiger partial charge >= 0.3 is 33.0 Å². The molecule has 0 amide bonds. The largest absolute Gasteiger partial charge is 0.504 e. The summed E-state index contributed by atoms with van der Waals surface area (Å²) in [4.78, 5) is 21.1. The van der Waals surface area contributed by atoms with Crippen molar-refractivity contribution in [2.75, 3.05) is 0 Å². The van der Waals surface area contributed by atoms with Crippen molar-refractivity contribution < 1.29 is 42.2 Å². The molecule has 0 saturated carbocycles. The molecule has 17 heteroatoms. The highest BCUT2D eigenvalue weighted by molar-refractivity contribution is 7.78. The lowest BCUT2D eigenvalue weighted by molar-refractivity contribution is 0.0377. The summed E-state index contributed by atoms with van der Waals surface area (Å²) in [5.74, 6) is 2.73. The number of hydrogen-bond acceptors (Lipinski definition) is 13. The Morgan fingerprint density at radius 1 is 0.354 bits per heavy atom. The molecule has 8 aromatic rings. The summed E-state index contributed by atoms with van der Waals surface area (Å²) in [6.45, 7) is 0. The van der Waals surface area contributed by atoms with Gasteiger partial charge in [0.1, 0.15) is 40.2 Å². The molecular weight excluding hydrogens is 900 g/mol. The maximum atomic E-state index is 11.5. The molecule has 65 heavy (non-hydrogen) atoms. The molecule has 1 aliphatic heterocycles. The number of hydrogen-bond donors (Lipinski definition) is 1. The average molecular weight is 941 g/mol. The molecule has 0 saturated heterocycles.